The highest BCUT2D eigenvalue weighted by molar-refractivity contribution is 9.10. The second-order valence-corrected chi connectivity index (χ2v) is 6.86. The SMILES string of the molecule is Nc1cc(S(=O)(=O)Nc2ccc(Cl)cc2)c(Br)cc1F. The molecule has 0 heterocycles. The van der Waals surface area contributed by atoms with Crippen LogP contribution in [0.25, 0.3) is 0 Å². The molecule has 106 valence electrons. The predicted molar refractivity (Wildman–Crippen MR) is 80.8 cm³/mol. The van der Waals surface area contributed by atoms with Crippen LogP contribution in [0, 0.1) is 5.82 Å². The lowest BCUT2D eigenvalue weighted by molar-refractivity contribution is 0.599. The van der Waals surface area contributed by atoms with Gasteiger partial charge in [0.1, 0.15) is 10.7 Å². The van der Waals surface area contributed by atoms with E-state index >= 15 is 0 Å². The van der Waals surface area contributed by atoms with Gasteiger partial charge in [0.15, 0.2) is 0 Å². The Kier molecular flexibility index (Phi) is 4.22. The van der Waals surface area contributed by atoms with E-state index in [-0.39, 0.29) is 15.1 Å². The number of hydrogen-bond acceptors (Lipinski definition) is 3. The highest BCUT2D eigenvalue weighted by atomic mass is 79.9. The Morgan fingerprint density at radius 1 is 1.20 bits per heavy atom. The molecule has 0 saturated heterocycles. The summed E-state index contributed by atoms with van der Waals surface area (Å²) in [5, 5.41) is 0.486. The van der Waals surface area contributed by atoms with Gasteiger partial charge in [0.25, 0.3) is 10.0 Å². The van der Waals surface area contributed by atoms with Gasteiger partial charge in [0.2, 0.25) is 0 Å². The molecule has 2 aromatic rings. The van der Waals surface area contributed by atoms with Gasteiger partial charge < -0.3 is 5.73 Å². The summed E-state index contributed by atoms with van der Waals surface area (Å²) in [7, 11) is -3.88. The average molecular weight is 380 g/mol. The van der Waals surface area contributed by atoms with E-state index in [0.29, 0.717) is 10.7 Å². The number of halogens is 3. The molecule has 4 nitrogen and oxygen atoms in total. The molecule has 8 heteroatoms. The van der Waals surface area contributed by atoms with Crippen LogP contribution >= 0.6 is 27.5 Å². The average Bonchev–Trinajstić information content (AvgIpc) is 2.36. The van der Waals surface area contributed by atoms with Crippen LogP contribution in [0.2, 0.25) is 5.02 Å². The smallest absolute Gasteiger partial charge is 0.263 e. The lowest BCUT2D eigenvalue weighted by Gasteiger charge is -2.10. The van der Waals surface area contributed by atoms with Crippen molar-refractivity contribution in [3.63, 3.8) is 0 Å². The zero-order valence-corrected chi connectivity index (χ0v) is 13.1. The molecule has 0 aliphatic heterocycles. The van der Waals surface area contributed by atoms with Crippen molar-refractivity contribution in [1.82, 2.24) is 0 Å². The fourth-order valence-electron chi connectivity index (χ4n) is 1.48. The van der Waals surface area contributed by atoms with E-state index in [0.717, 1.165) is 12.1 Å². The van der Waals surface area contributed by atoms with E-state index in [1.165, 1.54) is 12.1 Å². The van der Waals surface area contributed by atoms with Crippen LogP contribution in [0.15, 0.2) is 45.8 Å². The molecule has 0 spiro atoms. The molecule has 0 aromatic heterocycles. The van der Waals surface area contributed by atoms with Gasteiger partial charge in [-0.05, 0) is 52.3 Å². The van der Waals surface area contributed by atoms with Crippen molar-refractivity contribution in [3.05, 3.63) is 51.7 Å². The van der Waals surface area contributed by atoms with Crippen molar-refractivity contribution in [2.45, 2.75) is 4.90 Å². The molecular formula is C12H9BrClFN2O2S. The number of rotatable bonds is 3. The first-order valence-electron chi connectivity index (χ1n) is 5.32. The Balaban J connectivity index is 2.40. The summed E-state index contributed by atoms with van der Waals surface area (Å²) in [4.78, 5) is -0.147. The quantitative estimate of drug-likeness (QED) is 0.800. The number of nitrogens with two attached hydrogens (primary N) is 1. The highest BCUT2D eigenvalue weighted by Gasteiger charge is 2.20. The Bertz CT molecular complexity index is 751. The van der Waals surface area contributed by atoms with Crippen molar-refractivity contribution < 1.29 is 12.8 Å². The third-order valence-electron chi connectivity index (χ3n) is 2.44. The van der Waals surface area contributed by atoms with Crippen LogP contribution in [0.3, 0.4) is 0 Å². The molecule has 0 amide bonds. The monoisotopic (exact) mass is 378 g/mol. The molecular weight excluding hydrogens is 371 g/mol. The minimum absolute atomic E-state index is 0.0886. The van der Waals surface area contributed by atoms with Gasteiger partial charge in [-0.3, -0.25) is 4.72 Å². The normalized spacial score (nSPS) is 11.3. The summed E-state index contributed by atoms with van der Waals surface area (Å²) < 4.78 is 40.1. The molecule has 2 rings (SSSR count). The van der Waals surface area contributed by atoms with Crippen LogP contribution in [0.4, 0.5) is 15.8 Å². The largest absolute Gasteiger partial charge is 0.396 e. The second kappa shape index (κ2) is 5.59. The van der Waals surface area contributed by atoms with E-state index in [9.17, 15) is 12.8 Å². The Morgan fingerprint density at radius 2 is 1.80 bits per heavy atom. The number of anilines is 2. The van der Waals surface area contributed by atoms with E-state index in [1.807, 2.05) is 0 Å². The molecule has 0 aliphatic rings. The number of hydrogen-bond donors (Lipinski definition) is 2. The first kappa shape index (κ1) is 15.1. The van der Waals surface area contributed by atoms with Gasteiger partial charge >= 0.3 is 0 Å². The third-order valence-corrected chi connectivity index (χ3v) is 5.03. The maximum absolute atomic E-state index is 13.2. The number of nitrogen functional groups attached to an aromatic ring is 1. The predicted octanol–water partition coefficient (Wildman–Crippen LogP) is 3.62. The van der Waals surface area contributed by atoms with Crippen LogP contribution in [0.1, 0.15) is 0 Å². The van der Waals surface area contributed by atoms with Gasteiger partial charge in [0.05, 0.1) is 5.69 Å². The van der Waals surface area contributed by atoms with E-state index in [2.05, 4.69) is 20.7 Å². The fraction of sp³-hybridized carbons (Fsp3) is 0. The minimum atomic E-state index is -3.88. The maximum atomic E-state index is 13.2. The first-order chi connectivity index (χ1) is 9.29. The van der Waals surface area contributed by atoms with Gasteiger partial charge in [-0.15, -0.1) is 0 Å². The van der Waals surface area contributed by atoms with Crippen molar-refractivity contribution >= 4 is 48.9 Å². The standard InChI is InChI=1S/C12H9BrClFN2O2S/c13-9-5-10(15)11(16)6-12(9)20(18,19)17-8-3-1-7(14)2-4-8/h1-6,17H,16H2. The number of benzene rings is 2. The van der Waals surface area contributed by atoms with Crippen LogP contribution in [-0.2, 0) is 10.0 Å². The fourth-order valence-corrected chi connectivity index (χ4v) is 3.71. The topological polar surface area (TPSA) is 72.2 Å². The summed E-state index contributed by atoms with van der Waals surface area (Å²) >= 11 is 8.73. The van der Waals surface area contributed by atoms with Crippen LogP contribution < -0.4 is 10.5 Å². The molecule has 0 atom stereocenters. The molecule has 0 radical (unpaired) electrons. The number of nitrogens with one attached hydrogen (secondary N) is 1. The minimum Gasteiger partial charge on any atom is -0.396 e. The van der Waals surface area contributed by atoms with E-state index in [4.69, 9.17) is 17.3 Å². The lowest BCUT2D eigenvalue weighted by atomic mass is 10.3. The van der Waals surface area contributed by atoms with Crippen LogP contribution in [0.5, 0.6) is 0 Å². The van der Waals surface area contributed by atoms with Crippen molar-refractivity contribution in [2.24, 2.45) is 0 Å². The zero-order valence-electron chi connectivity index (χ0n) is 9.90. The second-order valence-electron chi connectivity index (χ2n) is 3.92. The molecule has 0 saturated carbocycles. The Morgan fingerprint density at radius 3 is 2.40 bits per heavy atom. The summed E-state index contributed by atoms with van der Waals surface area (Å²) in [5.74, 6) is -0.692. The van der Waals surface area contributed by atoms with Crippen molar-refractivity contribution in [1.29, 1.82) is 0 Å². The molecule has 20 heavy (non-hydrogen) atoms. The molecule has 3 N–H and O–H groups in total. The lowest BCUT2D eigenvalue weighted by Crippen LogP contribution is -2.14. The Hall–Kier alpha value is -1.31. The zero-order chi connectivity index (χ0) is 14.9. The highest BCUT2D eigenvalue weighted by Crippen LogP contribution is 2.28. The molecule has 0 bridgehead atoms. The maximum Gasteiger partial charge on any atom is 0.263 e. The van der Waals surface area contributed by atoms with Crippen molar-refractivity contribution in [3.8, 4) is 0 Å². The van der Waals surface area contributed by atoms with Gasteiger partial charge in [0, 0.05) is 15.2 Å². The molecule has 0 aliphatic carbocycles. The van der Waals surface area contributed by atoms with Gasteiger partial charge in [-0.25, -0.2) is 12.8 Å². The first-order valence-corrected chi connectivity index (χ1v) is 7.98. The summed E-state index contributed by atoms with van der Waals surface area (Å²) in [6, 6.07) is 8.19. The molecule has 2 aromatic carbocycles. The molecule has 0 fully saturated rings. The van der Waals surface area contributed by atoms with E-state index < -0.39 is 15.8 Å². The van der Waals surface area contributed by atoms with Crippen molar-refractivity contribution in [2.75, 3.05) is 10.5 Å². The Labute approximate surface area is 128 Å². The van der Waals surface area contributed by atoms with Crippen LogP contribution in [-0.4, -0.2) is 8.42 Å². The summed E-state index contributed by atoms with van der Waals surface area (Å²) in [6.07, 6.45) is 0. The summed E-state index contributed by atoms with van der Waals surface area (Å²) in [6.45, 7) is 0. The summed E-state index contributed by atoms with van der Waals surface area (Å²) in [5.41, 5.74) is 5.49. The van der Waals surface area contributed by atoms with Gasteiger partial charge in [-0.2, -0.15) is 0 Å². The van der Waals surface area contributed by atoms with Gasteiger partial charge in [-0.1, -0.05) is 11.6 Å². The third kappa shape index (κ3) is 3.23. The number of sulfonamides is 1. The molecule has 0 unspecified atom stereocenters. The van der Waals surface area contributed by atoms with E-state index in [1.54, 1.807) is 12.1 Å².